The van der Waals surface area contributed by atoms with Crippen LogP contribution in [-0.4, -0.2) is 35.1 Å². The van der Waals surface area contributed by atoms with Gasteiger partial charge in [-0.15, -0.1) is 11.6 Å². The fraction of sp³-hybridized carbons (Fsp3) is 0.533. The van der Waals surface area contributed by atoms with Crippen LogP contribution in [0.3, 0.4) is 0 Å². The van der Waals surface area contributed by atoms with Crippen molar-refractivity contribution in [1.82, 2.24) is 14.5 Å². The molecule has 2 rings (SSSR count). The molecule has 0 aliphatic carbocycles. The number of nitrogens with zero attached hydrogens (tertiary/aromatic N) is 3. The minimum absolute atomic E-state index is 0.116. The second-order valence-corrected chi connectivity index (χ2v) is 6.56. The topological polar surface area (TPSA) is 21.1 Å². The van der Waals surface area contributed by atoms with Crippen molar-refractivity contribution in [2.24, 2.45) is 0 Å². The summed E-state index contributed by atoms with van der Waals surface area (Å²) in [6.45, 7) is 3.71. The standard InChI is InChI=1S/C15H20Cl2FN3/c1-10(16)15-19-13-9-12(18)11(17)8-14(13)21(15)7-5-4-6-20(2)3/h8-10H,4-7H2,1-3H3. The molecular formula is C15H20Cl2FN3. The molecule has 0 amide bonds. The Morgan fingerprint density at radius 1 is 1.33 bits per heavy atom. The van der Waals surface area contributed by atoms with Crippen LogP contribution < -0.4 is 0 Å². The second-order valence-electron chi connectivity index (χ2n) is 5.50. The zero-order valence-corrected chi connectivity index (χ0v) is 14.0. The Balaban J connectivity index is 2.30. The van der Waals surface area contributed by atoms with Gasteiger partial charge in [0, 0.05) is 12.6 Å². The predicted octanol–water partition coefficient (Wildman–Crippen LogP) is 4.47. The third kappa shape index (κ3) is 3.87. The van der Waals surface area contributed by atoms with Gasteiger partial charge in [0.15, 0.2) is 0 Å². The molecule has 0 saturated carbocycles. The Labute approximate surface area is 134 Å². The first-order valence-electron chi connectivity index (χ1n) is 7.04. The molecule has 1 atom stereocenters. The molecule has 6 heteroatoms. The second kappa shape index (κ2) is 6.95. The van der Waals surface area contributed by atoms with E-state index in [-0.39, 0.29) is 10.4 Å². The van der Waals surface area contributed by atoms with Crippen molar-refractivity contribution >= 4 is 34.2 Å². The van der Waals surface area contributed by atoms with E-state index < -0.39 is 5.82 Å². The van der Waals surface area contributed by atoms with Gasteiger partial charge in [0.05, 0.1) is 21.4 Å². The summed E-state index contributed by atoms with van der Waals surface area (Å²) in [7, 11) is 4.11. The van der Waals surface area contributed by atoms with Crippen LogP contribution in [0.25, 0.3) is 11.0 Å². The lowest BCUT2D eigenvalue weighted by atomic mass is 10.2. The summed E-state index contributed by atoms with van der Waals surface area (Å²) in [6, 6.07) is 3.00. The highest BCUT2D eigenvalue weighted by molar-refractivity contribution is 6.31. The molecule has 21 heavy (non-hydrogen) atoms. The summed E-state index contributed by atoms with van der Waals surface area (Å²) < 4.78 is 15.6. The highest BCUT2D eigenvalue weighted by Gasteiger charge is 2.16. The van der Waals surface area contributed by atoms with Crippen LogP contribution in [0.2, 0.25) is 5.02 Å². The average molecular weight is 332 g/mol. The molecule has 0 bridgehead atoms. The van der Waals surface area contributed by atoms with E-state index in [4.69, 9.17) is 23.2 Å². The molecule has 0 aliphatic rings. The monoisotopic (exact) mass is 331 g/mol. The molecule has 1 unspecified atom stereocenters. The Morgan fingerprint density at radius 2 is 2.05 bits per heavy atom. The predicted molar refractivity (Wildman–Crippen MR) is 86.8 cm³/mol. The van der Waals surface area contributed by atoms with Crippen LogP contribution in [0, 0.1) is 5.82 Å². The molecule has 0 saturated heterocycles. The molecule has 1 aromatic heterocycles. The van der Waals surface area contributed by atoms with Gasteiger partial charge in [0.1, 0.15) is 11.6 Å². The maximum absolute atomic E-state index is 13.6. The number of hydrogen-bond donors (Lipinski definition) is 0. The van der Waals surface area contributed by atoms with Crippen LogP contribution in [0.5, 0.6) is 0 Å². The molecule has 1 aromatic carbocycles. The van der Waals surface area contributed by atoms with E-state index in [1.807, 2.05) is 11.5 Å². The maximum Gasteiger partial charge on any atom is 0.144 e. The first kappa shape index (κ1) is 16.5. The van der Waals surface area contributed by atoms with E-state index in [1.54, 1.807) is 6.07 Å². The molecule has 0 N–H and O–H groups in total. The van der Waals surface area contributed by atoms with Gasteiger partial charge < -0.3 is 9.47 Å². The Bertz CT molecular complexity index is 623. The molecule has 0 aliphatic heterocycles. The fourth-order valence-electron chi connectivity index (χ4n) is 2.38. The van der Waals surface area contributed by atoms with Crippen molar-refractivity contribution < 1.29 is 4.39 Å². The number of halogens is 3. The van der Waals surface area contributed by atoms with Crippen molar-refractivity contribution in [2.45, 2.75) is 31.7 Å². The zero-order chi connectivity index (χ0) is 15.6. The van der Waals surface area contributed by atoms with Gasteiger partial charge in [-0.1, -0.05) is 11.6 Å². The van der Waals surface area contributed by atoms with E-state index in [0.29, 0.717) is 5.52 Å². The first-order valence-corrected chi connectivity index (χ1v) is 7.85. The van der Waals surface area contributed by atoms with Crippen molar-refractivity contribution in [3.63, 3.8) is 0 Å². The van der Waals surface area contributed by atoms with E-state index in [0.717, 1.165) is 37.3 Å². The minimum Gasteiger partial charge on any atom is -0.327 e. The highest BCUT2D eigenvalue weighted by Crippen LogP contribution is 2.28. The smallest absolute Gasteiger partial charge is 0.144 e. The number of rotatable bonds is 6. The summed E-state index contributed by atoms with van der Waals surface area (Å²) in [4.78, 5) is 6.61. The fourth-order valence-corrected chi connectivity index (χ4v) is 2.70. The molecule has 1 heterocycles. The van der Waals surface area contributed by atoms with Crippen LogP contribution in [0.15, 0.2) is 12.1 Å². The highest BCUT2D eigenvalue weighted by atomic mass is 35.5. The van der Waals surface area contributed by atoms with E-state index in [1.165, 1.54) is 6.07 Å². The summed E-state index contributed by atoms with van der Waals surface area (Å²) in [5.74, 6) is 0.313. The molecule has 3 nitrogen and oxygen atoms in total. The number of unbranched alkanes of at least 4 members (excludes halogenated alkanes) is 1. The number of aromatic nitrogens is 2. The van der Waals surface area contributed by atoms with Crippen molar-refractivity contribution in [3.05, 3.63) is 28.8 Å². The quantitative estimate of drug-likeness (QED) is 0.575. The summed E-state index contributed by atoms with van der Waals surface area (Å²) in [6.07, 6.45) is 2.09. The molecule has 0 radical (unpaired) electrons. The van der Waals surface area contributed by atoms with Crippen molar-refractivity contribution in [2.75, 3.05) is 20.6 Å². The molecule has 0 spiro atoms. The molecule has 0 fully saturated rings. The largest absolute Gasteiger partial charge is 0.327 e. The molecule has 2 aromatic rings. The van der Waals surface area contributed by atoms with Gasteiger partial charge in [-0.2, -0.15) is 0 Å². The normalized spacial score (nSPS) is 13.3. The molecule has 116 valence electrons. The van der Waals surface area contributed by atoms with Crippen molar-refractivity contribution in [1.29, 1.82) is 0 Å². The van der Waals surface area contributed by atoms with Gasteiger partial charge in [0.2, 0.25) is 0 Å². The lowest BCUT2D eigenvalue weighted by Gasteiger charge is -2.12. The van der Waals surface area contributed by atoms with E-state index in [2.05, 4.69) is 24.0 Å². The molecular weight excluding hydrogens is 312 g/mol. The summed E-state index contributed by atoms with van der Waals surface area (Å²) >= 11 is 12.1. The van der Waals surface area contributed by atoms with Gasteiger partial charge in [-0.05, 0) is 46.5 Å². The van der Waals surface area contributed by atoms with Crippen LogP contribution >= 0.6 is 23.2 Å². The number of hydrogen-bond acceptors (Lipinski definition) is 2. The summed E-state index contributed by atoms with van der Waals surface area (Å²) in [5, 5.41) is -0.112. The number of fused-ring (bicyclic) bond motifs is 1. The van der Waals surface area contributed by atoms with E-state index >= 15 is 0 Å². The van der Waals surface area contributed by atoms with Gasteiger partial charge in [-0.3, -0.25) is 0 Å². The first-order chi connectivity index (χ1) is 9.90. The van der Waals surface area contributed by atoms with Gasteiger partial charge in [0.25, 0.3) is 0 Å². The van der Waals surface area contributed by atoms with E-state index in [9.17, 15) is 4.39 Å². The number of alkyl halides is 1. The third-order valence-corrected chi connectivity index (χ3v) is 3.90. The number of benzene rings is 1. The van der Waals surface area contributed by atoms with Gasteiger partial charge in [-0.25, -0.2) is 9.37 Å². The number of imidazole rings is 1. The minimum atomic E-state index is -0.449. The van der Waals surface area contributed by atoms with Crippen LogP contribution in [0.4, 0.5) is 4.39 Å². The lowest BCUT2D eigenvalue weighted by Crippen LogP contribution is -2.14. The number of aryl methyl sites for hydroxylation is 1. The van der Waals surface area contributed by atoms with Crippen LogP contribution in [-0.2, 0) is 6.54 Å². The third-order valence-electron chi connectivity index (χ3n) is 3.41. The van der Waals surface area contributed by atoms with Gasteiger partial charge >= 0.3 is 0 Å². The van der Waals surface area contributed by atoms with Crippen molar-refractivity contribution in [3.8, 4) is 0 Å². The summed E-state index contributed by atoms with van der Waals surface area (Å²) in [5.41, 5.74) is 1.45. The zero-order valence-electron chi connectivity index (χ0n) is 12.5. The Kier molecular flexibility index (Phi) is 5.47. The van der Waals surface area contributed by atoms with Crippen LogP contribution in [0.1, 0.15) is 31.0 Å². The SMILES string of the molecule is CC(Cl)c1nc2cc(F)c(Cl)cc2n1CCCCN(C)C. The Hall–Kier alpha value is -0.840. The lowest BCUT2D eigenvalue weighted by molar-refractivity contribution is 0.387. The maximum atomic E-state index is 13.6. The average Bonchev–Trinajstić information content (AvgIpc) is 2.73. The Morgan fingerprint density at radius 3 is 2.67 bits per heavy atom.